The molecule has 1 aliphatic heterocycles. The fourth-order valence-electron chi connectivity index (χ4n) is 2.84. The number of thiophene rings is 1. The third kappa shape index (κ3) is 4.46. The van der Waals surface area contributed by atoms with Gasteiger partial charge in [0.1, 0.15) is 5.75 Å². The highest BCUT2D eigenvalue weighted by atomic mass is 32.1. The Bertz CT molecular complexity index is 822. The Balaban J connectivity index is 1.58. The summed E-state index contributed by atoms with van der Waals surface area (Å²) >= 11 is 1.46. The van der Waals surface area contributed by atoms with E-state index < -0.39 is 6.10 Å². The quantitative estimate of drug-likeness (QED) is 0.740. The molecule has 1 aliphatic rings. The first-order chi connectivity index (χ1) is 13.1. The summed E-state index contributed by atoms with van der Waals surface area (Å²) in [6.07, 6.45) is 0.0320. The lowest BCUT2D eigenvalue weighted by Gasteiger charge is -2.34. The number of hydrogen-bond acceptors (Lipinski definition) is 5. The average Bonchev–Trinajstić information content (AvgIpc) is 3.24. The van der Waals surface area contributed by atoms with Crippen molar-refractivity contribution >= 4 is 34.7 Å². The Hall–Kier alpha value is -2.87. The van der Waals surface area contributed by atoms with E-state index in [1.165, 1.54) is 18.4 Å². The van der Waals surface area contributed by atoms with Gasteiger partial charge in [-0.05, 0) is 30.0 Å². The first-order valence-electron chi connectivity index (χ1n) is 8.68. The Morgan fingerprint density at radius 1 is 1.26 bits per heavy atom. The topological polar surface area (TPSA) is 87.7 Å². The molecule has 3 rings (SSSR count). The zero-order chi connectivity index (χ0) is 19.2. The first kappa shape index (κ1) is 18.9. The summed E-state index contributed by atoms with van der Waals surface area (Å²) in [5.74, 6) is -0.00803. The molecular formula is C19H21N3O4S. The molecule has 0 bridgehead atoms. The van der Waals surface area contributed by atoms with Gasteiger partial charge in [-0.25, -0.2) is 0 Å². The molecule has 142 valence electrons. The lowest BCUT2D eigenvalue weighted by atomic mass is 10.1. The molecule has 27 heavy (non-hydrogen) atoms. The fourth-order valence-corrected chi connectivity index (χ4v) is 3.48. The number of likely N-dealkylation sites (N-methyl/N-ethyl adjacent to an activating group) is 1. The molecule has 2 heterocycles. The number of nitrogens with one attached hydrogen (secondary N) is 2. The lowest BCUT2D eigenvalue weighted by Crippen LogP contribution is -2.50. The largest absolute Gasteiger partial charge is 0.477 e. The molecule has 0 aliphatic carbocycles. The van der Waals surface area contributed by atoms with Crippen LogP contribution in [-0.4, -0.2) is 44.0 Å². The Morgan fingerprint density at radius 3 is 2.81 bits per heavy atom. The molecule has 1 atom stereocenters. The van der Waals surface area contributed by atoms with E-state index in [-0.39, 0.29) is 30.7 Å². The van der Waals surface area contributed by atoms with Crippen LogP contribution in [-0.2, 0) is 9.59 Å². The van der Waals surface area contributed by atoms with E-state index >= 15 is 0 Å². The molecule has 0 saturated heterocycles. The second-order valence-corrected chi connectivity index (χ2v) is 6.84. The summed E-state index contributed by atoms with van der Waals surface area (Å²) in [6, 6.07) is 8.92. The average molecular weight is 387 g/mol. The highest BCUT2D eigenvalue weighted by Crippen LogP contribution is 2.33. The molecule has 1 aromatic heterocycles. The summed E-state index contributed by atoms with van der Waals surface area (Å²) in [4.78, 5) is 38.2. The van der Waals surface area contributed by atoms with E-state index in [2.05, 4.69) is 10.6 Å². The Labute approximate surface area is 161 Å². The minimum absolute atomic E-state index is 0.107. The van der Waals surface area contributed by atoms with Gasteiger partial charge in [0.15, 0.2) is 6.10 Å². The van der Waals surface area contributed by atoms with Crippen molar-refractivity contribution in [2.75, 3.05) is 25.0 Å². The van der Waals surface area contributed by atoms with Crippen LogP contribution in [0.4, 0.5) is 5.69 Å². The van der Waals surface area contributed by atoms with Gasteiger partial charge in [0.25, 0.3) is 11.8 Å². The summed E-state index contributed by atoms with van der Waals surface area (Å²) in [5.41, 5.74) is 1.28. The van der Waals surface area contributed by atoms with E-state index in [0.717, 1.165) is 0 Å². The van der Waals surface area contributed by atoms with Gasteiger partial charge >= 0.3 is 0 Å². The highest BCUT2D eigenvalue weighted by Gasteiger charge is 2.32. The van der Waals surface area contributed by atoms with Gasteiger partial charge in [-0.15, -0.1) is 0 Å². The molecule has 2 aromatic rings. The number of amides is 3. The number of anilines is 1. The number of nitrogens with zero attached hydrogens (tertiary/aromatic N) is 1. The molecule has 0 radical (unpaired) electrons. The number of carbonyl (C=O) groups is 3. The van der Waals surface area contributed by atoms with Crippen LogP contribution in [0.3, 0.4) is 0 Å². The predicted octanol–water partition coefficient (Wildman–Crippen LogP) is 1.80. The van der Waals surface area contributed by atoms with E-state index in [1.807, 2.05) is 11.4 Å². The molecule has 2 N–H and O–H groups in total. The van der Waals surface area contributed by atoms with Crippen molar-refractivity contribution in [3.05, 3.63) is 46.7 Å². The van der Waals surface area contributed by atoms with Crippen molar-refractivity contribution in [2.45, 2.75) is 18.9 Å². The van der Waals surface area contributed by atoms with Crippen molar-refractivity contribution in [2.24, 2.45) is 0 Å². The summed E-state index contributed by atoms with van der Waals surface area (Å²) < 4.78 is 5.70. The van der Waals surface area contributed by atoms with Gasteiger partial charge in [0.05, 0.1) is 12.2 Å². The number of rotatable bonds is 6. The highest BCUT2D eigenvalue weighted by molar-refractivity contribution is 7.08. The van der Waals surface area contributed by atoms with Gasteiger partial charge in [-0.3, -0.25) is 14.4 Å². The maximum atomic E-state index is 12.7. The standard InChI is InChI=1S/C19H21N3O4S/c1-20-19(25)16-11-22(14-5-2-3-6-15(14)26-16)17(23)7-4-9-21-18(24)13-8-10-27-12-13/h2-3,5-6,8,10,12,16H,4,7,9,11H2,1H3,(H,20,25)(H,21,24). The number of ether oxygens (including phenoxy) is 1. The third-order valence-corrected chi connectivity index (χ3v) is 4.93. The van der Waals surface area contributed by atoms with Crippen molar-refractivity contribution in [1.82, 2.24) is 10.6 Å². The zero-order valence-electron chi connectivity index (χ0n) is 14.9. The molecule has 7 nitrogen and oxygen atoms in total. The number of hydrogen-bond donors (Lipinski definition) is 2. The van der Waals surface area contributed by atoms with Crippen LogP contribution in [0.25, 0.3) is 0 Å². The smallest absolute Gasteiger partial charge is 0.262 e. The molecule has 1 unspecified atom stereocenters. The molecule has 3 amide bonds. The van der Waals surface area contributed by atoms with E-state index in [1.54, 1.807) is 34.5 Å². The molecule has 0 saturated carbocycles. The summed E-state index contributed by atoms with van der Waals surface area (Å²) in [5, 5.41) is 8.99. The van der Waals surface area contributed by atoms with Crippen LogP contribution in [0.2, 0.25) is 0 Å². The van der Waals surface area contributed by atoms with Crippen LogP contribution in [0, 0.1) is 0 Å². The van der Waals surface area contributed by atoms with Crippen LogP contribution < -0.4 is 20.3 Å². The van der Waals surface area contributed by atoms with Crippen LogP contribution in [0.15, 0.2) is 41.1 Å². The zero-order valence-corrected chi connectivity index (χ0v) is 15.8. The van der Waals surface area contributed by atoms with Gasteiger partial charge in [0.2, 0.25) is 5.91 Å². The molecule has 8 heteroatoms. The maximum absolute atomic E-state index is 12.7. The normalized spacial score (nSPS) is 15.4. The first-order valence-corrected chi connectivity index (χ1v) is 9.62. The number of carbonyl (C=O) groups excluding carboxylic acids is 3. The van der Waals surface area contributed by atoms with Crippen molar-refractivity contribution in [3.63, 3.8) is 0 Å². The van der Waals surface area contributed by atoms with Crippen LogP contribution >= 0.6 is 11.3 Å². The third-order valence-electron chi connectivity index (χ3n) is 4.25. The maximum Gasteiger partial charge on any atom is 0.262 e. The second kappa shape index (κ2) is 8.68. The van der Waals surface area contributed by atoms with Gasteiger partial charge < -0.3 is 20.3 Å². The monoisotopic (exact) mass is 387 g/mol. The minimum Gasteiger partial charge on any atom is -0.477 e. The Kier molecular flexibility index (Phi) is 6.08. The lowest BCUT2D eigenvalue weighted by molar-refractivity contribution is -0.127. The number of benzene rings is 1. The second-order valence-electron chi connectivity index (χ2n) is 6.06. The van der Waals surface area contributed by atoms with Crippen molar-refractivity contribution in [1.29, 1.82) is 0 Å². The van der Waals surface area contributed by atoms with Gasteiger partial charge in [-0.1, -0.05) is 12.1 Å². The van der Waals surface area contributed by atoms with Gasteiger partial charge in [0, 0.05) is 31.0 Å². The van der Waals surface area contributed by atoms with E-state index in [9.17, 15) is 14.4 Å². The van der Waals surface area contributed by atoms with Crippen molar-refractivity contribution in [3.8, 4) is 5.75 Å². The number of fused-ring (bicyclic) bond motifs is 1. The van der Waals surface area contributed by atoms with E-state index in [0.29, 0.717) is 30.0 Å². The molecular weight excluding hydrogens is 366 g/mol. The van der Waals surface area contributed by atoms with Crippen LogP contribution in [0.1, 0.15) is 23.2 Å². The summed E-state index contributed by atoms with van der Waals surface area (Å²) in [7, 11) is 1.54. The SMILES string of the molecule is CNC(=O)C1CN(C(=O)CCCNC(=O)c2ccsc2)c2ccccc2O1. The Morgan fingerprint density at radius 2 is 2.07 bits per heavy atom. The van der Waals surface area contributed by atoms with Crippen LogP contribution in [0.5, 0.6) is 5.75 Å². The molecule has 0 spiro atoms. The minimum atomic E-state index is -0.743. The molecule has 1 aromatic carbocycles. The predicted molar refractivity (Wildman–Crippen MR) is 103 cm³/mol. The van der Waals surface area contributed by atoms with Gasteiger partial charge in [-0.2, -0.15) is 11.3 Å². The summed E-state index contributed by atoms with van der Waals surface area (Å²) in [6.45, 7) is 0.571. The molecule has 0 fully saturated rings. The van der Waals surface area contributed by atoms with Crippen molar-refractivity contribution < 1.29 is 19.1 Å². The van der Waals surface area contributed by atoms with E-state index in [4.69, 9.17) is 4.74 Å². The fraction of sp³-hybridized carbons (Fsp3) is 0.316. The number of para-hydroxylation sites is 2.